The maximum atomic E-state index is 12.3. The summed E-state index contributed by atoms with van der Waals surface area (Å²) in [6.07, 6.45) is 5.62. The van der Waals surface area contributed by atoms with Crippen molar-refractivity contribution in [3.63, 3.8) is 0 Å². The lowest BCUT2D eigenvalue weighted by Gasteiger charge is -2.35. The summed E-state index contributed by atoms with van der Waals surface area (Å²) in [4.78, 5) is 25.0. The number of carbonyl (C=O) groups is 1. The molecule has 7 nitrogen and oxygen atoms in total. The Hall–Kier alpha value is -1.89. The summed E-state index contributed by atoms with van der Waals surface area (Å²) in [6, 6.07) is 1.73. The molecule has 0 saturated carbocycles. The predicted octanol–water partition coefficient (Wildman–Crippen LogP) is 1.09. The van der Waals surface area contributed by atoms with Gasteiger partial charge in [0, 0.05) is 51.5 Å². The molecule has 1 atom stereocenters. The molecule has 7 heteroatoms. The zero-order valence-electron chi connectivity index (χ0n) is 13.6. The maximum Gasteiger partial charge on any atom is 0.228 e. The summed E-state index contributed by atoms with van der Waals surface area (Å²) in [6.45, 7) is 3.77. The molecule has 0 bridgehead atoms. The highest BCUT2D eigenvalue weighted by Gasteiger charge is 2.24. The summed E-state index contributed by atoms with van der Waals surface area (Å²) < 4.78 is 10.7. The van der Waals surface area contributed by atoms with Gasteiger partial charge in [0.15, 0.2) is 0 Å². The first-order valence-electron chi connectivity index (χ1n) is 8.27. The summed E-state index contributed by atoms with van der Waals surface area (Å²) in [7, 11) is 1.59. The van der Waals surface area contributed by atoms with Crippen molar-refractivity contribution >= 4 is 11.9 Å². The number of ether oxygens (including phenoxy) is 2. The van der Waals surface area contributed by atoms with Gasteiger partial charge in [-0.2, -0.15) is 4.98 Å². The highest BCUT2D eigenvalue weighted by molar-refractivity contribution is 5.76. The van der Waals surface area contributed by atoms with Crippen molar-refractivity contribution in [3.8, 4) is 5.88 Å². The molecule has 2 aliphatic rings. The molecule has 0 radical (unpaired) electrons. The molecule has 23 heavy (non-hydrogen) atoms. The lowest BCUT2D eigenvalue weighted by molar-refractivity contribution is -0.132. The number of rotatable bonds is 5. The number of methoxy groups -OCH3 is 1. The number of nitrogens with zero attached hydrogens (tertiary/aromatic N) is 4. The second-order valence-electron chi connectivity index (χ2n) is 5.94. The third-order valence-corrected chi connectivity index (χ3v) is 4.45. The van der Waals surface area contributed by atoms with Crippen LogP contribution in [0.15, 0.2) is 12.3 Å². The van der Waals surface area contributed by atoms with Crippen LogP contribution in [0.25, 0.3) is 0 Å². The molecular formula is C16H24N4O3. The highest BCUT2D eigenvalue weighted by Crippen LogP contribution is 2.18. The van der Waals surface area contributed by atoms with E-state index >= 15 is 0 Å². The van der Waals surface area contributed by atoms with Gasteiger partial charge in [-0.25, -0.2) is 4.98 Å². The van der Waals surface area contributed by atoms with Gasteiger partial charge in [0.05, 0.1) is 13.2 Å². The first-order valence-corrected chi connectivity index (χ1v) is 8.27. The monoisotopic (exact) mass is 320 g/mol. The molecule has 0 aromatic carbocycles. The summed E-state index contributed by atoms with van der Waals surface area (Å²) in [5, 5.41) is 0. The van der Waals surface area contributed by atoms with Crippen LogP contribution in [0.3, 0.4) is 0 Å². The van der Waals surface area contributed by atoms with E-state index in [2.05, 4.69) is 14.9 Å². The number of hydrogen-bond acceptors (Lipinski definition) is 6. The van der Waals surface area contributed by atoms with E-state index in [1.54, 1.807) is 19.4 Å². The van der Waals surface area contributed by atoms with Gasteiger partial charge >= 0.3 is 0 Å². The lowest BCUT2D eigenvalue weighted by atomic mass is 10.1. The van der Waals surface area contributed by atoms with E-state index in [-0.39, 0.29) is 12.0 Å². The van der Waals surface area contributed by atoms with Crippen molar-refractivity contribution < 1.29 is 14.3 Å². The second kappa shape index (κ2) is 7.59. The first kappa shape index (κ1) is 16.0. The van der Waals surface area contributed by atoms with Crippen LogP contribution in [0, 0.1) is 0 Å². The Morgan fingerprint density at radius 2 is 2.22 bits per heavy atom. The van der Waals surface area contributed by atoms with Gasteiger partial charge in [-0.15, -0.1) is 0 Å². The minimum atomic E-state index is 0.228. The molecule has 0 unspecified atom stereocenters. The van der Waals surface area contributed by atoms with E-state index in [9.17, 15) is 4.79 Å². The SMILES string of the molecule is COc1ccnc(N2CCN(C(=O)CC[C@H]3CCCO3)CC2)n1. The van der Waals surface area contributed by atoms with Crippen LogP contribution >= 0.6 is 0 Å². The number of amides is 1. The molecule has 1 aromatic heterocycles. The van der Waals surface area contributed by atoms with E-state index in [0.717, 1.165) is 39.0 Å². The van der Waals surface area contributed by atoms with E-state index in [1.165, 1.54) is 0 Å². The third-order valence-electron chi connectivity index (χ3n) is 4.45. The minimum absolute atomic E-state index is 0.228. The average molecular weight is 320 g/mol. The molecule has 0 aliphatic carbocycles. The topological polar surface area (TPSA) is 67.8 Å². The number of aromatic nitrogens is 2. The van der Waals surface area contributed by atoms with Crippen LogP contribution in [0.4, 0.5) is 5.95 Å². The Bertz CT molecular complexity index is 526. The summed E-state index contributed by atoms with van der Waals surface area (Å²) >= 11 is 0. The normalized spacial score (nSPS) is 21.5. The van der Waals surface area contributed by atoms with Crippen molar-refractivity contribution in [2.45, 2.75) is 31.8 Å². The molecule has 1 aromatic rings. The third kappa shape index (κ3) is 4.10. The average Bonchev–Trinajstić information content (AvgIpc) is 3.13. The molecule has 2 fully saturated rings. The van der Waals surface area contributed by atoms with Gasteiger partial charge in [-0.05, 0) is 19.3 Å². The summed E-state index contributed by atoms with van der Waals surface area (Å²) in [5.74, 6) is 1.45. The van der Waals surface area contributed by atoms with Crippen molar-refractivity contribution in [1.29, 1.82) is 0 Å². The van der Waals surface area contributed by atoms with Gasteiger partial charge in [-0.1, -0.05) is 0 Å². The van der Waals surface area contributed by atoms with E-state index in [1.807, 2.05) is 4.90 Å². The zero-order chi connectivity index (χ0) is 16.1. The van der Waals surface area contributed by atoms with Crippen LogP contribution in [-0.2, 0) is 9.53 Å². The number of hydrogen-bond donors (Lipinski definition) is 0. The van der Waals surface area contributed by atoms with Crippen LogP contribution < -0.4 is 9.64 Å². The van der Waals surface area contributed by atoms with Crippen molar-refractivity contribution in [1.82, 2.24) is 14.9 Å². The Balaban J connectivity index is 1.46. The van der Waals surface area contributed by atoms with Gasteiger partial charge in [0.2, 0.25) is 17.7 Å². The fraction of sp³-hybridized carbons (Fsp3) is 0.688. The predicted molar refractivity (Wildman–Crippen MR) is 85.6 cm³/mol. The quantitative estimate of drug-likeness (QED) is 0.809. The Kier molecular flexibility index (Phi) is 5.27. The Morgan fingerprint density at radius 1 is 1.39 bits per heavy atom. The van der Waals surface area contributed by atoms with Crippen LogP contribution in [-0.4, -0.2) is 66.8 Å². The van der Waals surface area contributed by atoms with E-state index < -0.39 is 0 Å². The Morgan fingerprint density at radius 3 is 2.91 bits per heavy atom. The lowest BCUT2D eigenvalue weighted by Crippen LogP contribution is -2.49. The van der Waals surface area contributed by atoms with Gasteiger partial charge < -0.3 is 19.3 Å². The fourth-order valence-corrected chi connectivity index (χ4v) is 3.07. The largest absolute Gasteiger partial charge is 0.481 e. The second-order valence-corrected chi connectivity index (χ2v) is 5.94. The standard InChI is InChI=1S/C16H24N4O3/c1-22-14-6-7-17-16(18-14)20-10-8-19(9-11-20)15(21)5-4-13-3-2-12-23-13/h6-7,13H,2-5,8-12H2,1H3/t13-/m1/s1. The molecule has 126 valence electrons. The smallest absolute Gasteiger partial charge is 0.228 e. The first-order chi connectivity index (χ1) is 11.3. The number of carbonyl (C=O) groups excluding carboxylic acids is 1. The zero-order valence-corrected chi connectivity index (χ0v) is 13.6. The molecule has 2 aliphatic heterocycles. The summed E-state index contributed by atoms with van der Waals surface area (Å²) in [5.41, 5.74) is 0. The molecule has 3 heterocycles. The van der Waals surface area contributed by atoms with E-state index in [4.69, 9.17) is 9.47 Å². The van der Waals surface area contributed by atoms with Gasteiger partial charge in [0.25, 0.3) is 0 Å². The number of anilines is 1. The van der Waals surface area contributed by atoms with Gasteiger partial charge in [-0.3, -0.25) is 4.79 Å². The van der Waals surface area contributed by atoms with Crippen molar-refractivity contribution in [2.24, 2.45) is 0 Å². The number of piperazine rings is 1. The molecule has 0 spiro atoms. The van der Waals surface area contributed by atoms with Crippen molar-refractivity contribution in [3.05, 3.63) is 12.3 Å². The van der Waals surface area contributed by atoms with Crippen molar-refractivity contribution in [2.75, 3.05) is 44.8 Å². The van der Waals surface area contributed by atoms with Crippen LogP contribution in [0.2, 0.25) is 0 Å². The maximum absolute atomic E-state index is 12.3. The molecule has 3 rings (SSSR count). The molecule has 0 N–H and O–H groups in total. The van der Waals surface area contributed by atoms with Gasteiger partial charge in [0.1, 0.15) is 0 Å². The molecule has 2 saturated heterocycles. The van der Waals surface area contributed by atoms with Crippen LogP contribution in [0.1, 0.15) is 25.7 Å². The molecule has 1 amide bonds. The fourth-order valence-electron chi connectivity index (χ4n) is 3.07. The molecular weight excluding hydrogens is 296 g/mol. The highest BCUT2D eigenvalue weighted by atomic mass is 16.5. The Labute approximate surface area is 136 Å². The van der Waals surface area contributed by atoms with E-state index in [0.29, 0.717) is 31.3 Å². The van der Waals surface area contributed by atoms with Crippen LogP contribution in [0.5, 0.6) is 5.88 Å². The minimum Gasteiger partial charge on any atom is -0.481 e.